The molecule has 0 saturated carbocycles. The number of rotatable bonds is 4. The second kappa shape index (κ2) is 5.55. The topological polar surface area (TPSA) is 29.3 Å². The third-order valence-electron chi connectivity index (χ3n) is 3.18. The standard InChI is InChI=1S/C16H16ClN3/c1-2-18-14-7-8-16-19-15(11-20(16)10-14)9-12-3-5-13(17)6-4-12/h3-8,10-11,18H,2,9H2,1H3. The summed E-state index contributed by atoms with van der Waals surface area (Å²) in [5.74, 6) is 0. The van der Waals surface area contributed by atoms with Gasteiger partial charge >= 0.3 is 0 Å². The van der Waals surface area contributed by atoms with Crippen molar-refractivity contribution in [3.63, 3.8) is 0 Å². The van der Waals surface area contributed by atoms with Gasteiger partial charge in [-0.3, -0.25) is 0 Å². The van der Waals surface area contributed by atoms with E-state index in [1.54, 1.807) is 0 Å². The molecule has 0 fully saturated rings. The first-order valence-electron chi connectivity index (χ1n) is 6.70. The summed E-state index contributed by atoms with van der Waals surface area (Å²) in [6, 6.07) is 12.0. The normalized spacial score (nSPS) is 10.9. The highest BCUT2D eigenvalue weighted by atomic mass is 35.5. The SMILES string of the molecule is CCNc1ccc2nc(Cc3ccc(Cl)cc3)cn2c1. The molecular weight excluding hydrogens is 270 g/mol. The summed E-state index contributed by atoms with van der Waals surface area (Å²) in [6.45, 7) is 3.00. The van der Waals surface area contributed by atoms with Crippen LogP contribution in [0.4, 0.5) is 5.69 Å². The first-order valence-corrected chi connectivity index (χ1v) is 7.08. The minimum Gasteiger partial charge on any atom is -0.384 e. The van der Waals surface area contributed by atoms with E-state index >= 15 is 0 Å². The molecular formula is C16H16ClN3. The first-order chi connectivity index (χ1) is 9.74. The second-order valence-electron chi connectivity index (χ2n) is 4.75. The Morgan fingerprint density at radius 1 is 1.10 bits per heavy atom. The lowest BCUT2D eigenvalue weighted by Gasteiger charge is -2.02. The number of aromatic nitrogens is 2. The molecule has 3 nitrogen and oxygen atoms in total. The molecule has 0 spiro atoms. The molecule has 20 heavy (non-hydrogen) atoms. The van der Waals surface area contributed by atoms with Crippen LogP contribution in [0.15, 0.2) is 48.8 Å². The van der Waals surface area contributed by atoms with Crippen LogP contribution in [0, 0.1) is 0 Å². The van der Waals surface area contributed by atoms with Crippen molar-refractivity contribution in [1.82, 2.24) is 9.38 Å². The molecule has 3 rings (SSSR count). The average Bonchev–Trinajstić information content (AvgIpc) is 2.83. The van der Waals surface area contributed by atoms with Gasteiger partial charge in [0, 0.05) is 30.4 Å². The predicted octanol–water partition coefficient (Wildman–Crippen LogP) is 4.01. The number of benzene rings is 1. The van der Waals surface area contributed by atoms with E-state index in [1.807, 2.05) is 30.3 Å². The lowest BCUT2D eigenvalue weighted by Crippen LogP contribution is -1.97. The zero-order valence-electron chi connectivity index (χ0n) is 11.3. The summed E-state index contributed by atoms with van der Waals surface area (Å²) in [5.41, 5.74) is 4.34. The van der Waals surface area contributed by atoms with Crippen molar-refractivity contribution < 1.29 is 0 Å². The quantitative estimate of drug-likeness (QED) is 0.785. The number of hydrogen-bond donors (Lipinski definition) is 1. The maximum Gasteiger partial charge on any atom is 0.137 e. The van der Waals surface area contributed by atoms with Crippen LogP contribution < -0.4 is 5.32 Å². The van der Waals surface area contributed by atoms with E-state index in [1.165, 1.54) is 5.56 Å². The van der Waals surface area contributed by atoms with Crippen LogP contribution in [0.3, 0.4) is 0 Å². The zero-order valence-corrected chi connectivity index (χ0v) is 12.1. The number of nitrogens with one attached hydrogen (secondary N) is 1. The van der Waals surface area contributed by atoms with E-state index in [0.29, 0.717) is 0 Å². The molecule has 1 N–H and O–H groups in total. The molecule has 0 aliphatic carbocycles. The van der Waals surface area contributed by atoms with E-state index in [0.717, 1.165) is 35.0 Å². The fourth-order valence-electron chi connectivity index (χ4n) is 2.25. The molecule has 0 saturated heterocycles. The van der Waals surface area contributed by atoms with Gasteiger partial charge in [-0.15, -0.1) is 0 Å². The fourth-order valence-corrected chi connectivity index (χ4v) is 2.38. The number of halogens is 1. The van der Waals surface area contributed by atoms with E-state index < -0.39 is 0 Å². The van der Waals surface area contributed by atoms with Crippen LogP contribution in [-0.4, -0.2) is 15.9 Å². The predicted molar refractivity (Wildman–Crippen MR) is 83.6 cm³/mol. The minimum atomic E-state index is 0.763. The molecule has 0 radical (unpaired) electrons. The lowest BCUT2D eigenvalue weighted by molar-refractivity contribution is 1.11. The van der Waals surface area contributed by atoms with E-state index in [-0.39, 0.29) is 0 Å². The summed E-state index contributed by atoms with van der Waals surface area (Å²) < 4.78 is 2.06. The van der Waals surface area contributed by atoms with E-state index in [2.05, 4.69) is 40.1 Å². The molecule has 4 heteroatoms. The summed E-state index contributed by atoms with van der Waals surface area (Å²) >= 11 is 5.90. The smallest absolute Gasteiger partial charge is 0.137 e. The highest BCUT2D eigenvalue weighted by Gasteiger charge is 2.03. The Morgan fingerprint density at radius 3 is 2.65 bits per heavy atom. The molecule has 2 aromatic heterocycles. The summed E-state index contributed by atoms with van der Waals surface area (Å²) in [5, 5.41) is 4.06. The van der Waals surface area contributed by atoms with Crippen molar-refractivity contribution in [3.8, 4) is 0 Å². The molecule has 0 unspecified atom stereocenters. The molecule has 0 atom stereocenters. The van der Waals surface area contributed by atoms with Crippen molar-refractivity contribution in [1.29, 1.82) is 0 Å². The van der Waals surface area contributed by atoms with Gasteiger partial charge in [0.15, 0.2) is 0 Å². The van der Waals surface area contributed by atoms with Crippen LogP contribution in [0.1, 0.15) is 18.2 Å². The van der Waals surface area contributed by atoms with Crippen molar-refractivity contribution in [3.05, 3.63) is 65.1 Å². The van der Waals surface area contributed by atoms with Gasteiger partial charge in [-0.1, -0.05) is 23.7 Å². The van der Waals surface area contributed by atoms with Crippen LogP contribution in [-0.2, 0) is 6.42 Å². The largest absolute Gasteiger partial charge is 0.384 e. The molecule has 0 amide bonds. The van der Waals surface area contributed by atoms with Crippen LogP contribution in [0.2, 0.25) is 5.02 Å². The Balaban J connectivity index is 1.86. The highest BCUT2D eigenvalue weighted by molar-refractivity contribution is 6.30. The van der Waals surface area contributed by atoms with Crippen molar-refractivity contribution >= 4 is 22.9 Å². The Kier molecular flexibility index (Phi) is 3.61. The molecule has 2 heterocycles. The van der Waals surface area contributed by atoms with Crippen molar-refractivity contribution in [2.45, 2.75) is 13.3 Å². The highest BCUT2D eigenvalue weighted by Crippen LogP contribution is 2.16. The molecule has 0 aliphatic rings. The average molecular weight is 286 g/mol. The Morgan fingerprint density at radius 2 is 1.90 bits per heavy atom. The van der Waals surface area contributed by atoms with Gasteiger partial charge in [0.05, 0.1) is 11.4 Å². The van der Waals surface area contributed by atoms with E-state index in [4.69, 9.17) is 11.6 Å². The number of pyridine rings is 1. The third kappa shape index (κ3) is 2.78. The first kappa shape index (κ1) is 13.0. The van der Waals surface area contributed by atoms with Gasteiger partial charge in [-0.25, -0.2) is 4.98 Å². The number of fused-ring (bicyclic) bond motifs is 1. The number of hydrogen-bond acceptors (Lipinski definition) is 2. The Labute approximate surface area is 123 Å². The molecule has 3 aromatic rings. The Hall–Kier alpha value is -2.00. The summed E-state index contributed by atoms with van der Waals surface area (Å²) in [6.07, 6.45) is 4.96. The number of anilines is 1. The Bertz CT molecular complexity index is 716. The maximum atomic E-state index is 5.90. The van der Waals surface area contributed by atoms with Gasteiger partial charge < -0.3 is 9.72 Å². The molecule has 102 valence electrons. The fraction of sp³-hybridized carbons (Fsp3) is 0.188. The molecule has 1 aromatic carbocycles. The van der Waals surface area contributed by atoms with Gasteiger partial charge in [0.25, 0.3) is 0 Å². The number of imidazole rings is 1. The summed E-state index contributed by atoms with van der Waals surface area (Å²) in [4.78, 5) is 4.63. The van der Waals surface area contributed by atoms with Crippen molar-refractivity contribution in [2.24, 2.45) is 0 Å². The molecule has 0 aliphatic heterocycles. The minimum absolute atomic E-state index is 0.763. The summed E-state index contributed by atoms with van der Waals surface area (Å²) in [7, 11) is 0. The lowest BCUT2D eigenvalue weighted by atomic mass is 10.1. The van der Waals surface area contributed by atoms with Crippen molar-refractivity contribution in [2.75, 3.05) is 11.9 Å². The monoisotopic (exact) mass is 285 g/mol. The van der Waals surface area contributed by atoms with Crippen LogP contribution in [0.5, 0.6) is 0 Å². The van der Waals surface area contributed by atoms with Gasteiger partial charge in [0.2, 0.25) is 0 Å². The third-order valence-corrected chi connectivity index (χ3v) is 3.43. The van der Waals surface area contributed by atoms with Crippen LogP contribution in [0.25, 0.3) is 5.65 Å². The van der Waals surface area contributed by atoms with Crippen LogP contribution >= 0.6 is 11.6 Å². The van der Waals surface area contributed by atoms with Gasteiger partial charge in [-0.2, -0.15) is 0 Å². The second-order valence-corrected chi connectivity index (χ2v) is 5.19. The number of nitrogens with zero attached hydrogens (tertiary/aromatic N) is 2. The van der Waals surface area contributed by atoms with E-state index in [9.17, 15) is 0 Å². The maximum absolute atomic E-state index is 5.90. The molecule has 0 bridgehead atoms. The van der Waals surface area contributed by atoms with Gasteiger partial charge in [0.1, 0.15) is 5.65 Å². The van der Waals surface area contributed by atoms with Gasteiger partial charge in [-0.05, 0) is 36.8 Å². The zero-order chi connectivity index (χ0) is 13.9.